The van der Waals surface area contributed by atoms with Gasteiger partial charge in [-0.1, -0.05) is 6.92 Å². The van der Waals surface area contributed by atoms with Crippen LogP contribution in [0.5, 0.6) is 5.75 Å². The third-order valence-electron chi connectivity index (χ3n) is 4.73. The van der Waals surface area contributed by atoms with Gasteiger partial charge in [0.2, 0.25) is 5.91 Å². The quantitative estimate of drug-likeness (QED) is 0.514. The first kappa shape index (κ1) is 19.8. The van der Waals surface area contributed by atoms with E-state index in [1.807, 2.05) is 13.0 Å². The van der Waals surface area contributed by atoms with Crippen molar-refractivity contribution in [1.82, 2.24) is 14.1 Å². The number of methoxy groups -OCH3 is 1. The number of nitrogens with one attached hydrogen (secondary N) is 1. The highest BCUT2D eigenvalue weighted by Crippen LogP contribution is 2.29. The fourth-order valence-corrected chi connectivity index (χ4v) is 4.47. The third kappa shape index (κ3) is 3.48. The van der Waals surface area contributed by atoms with Gasteiger partial charge >= 0.3 is 5.69 Å². The van der Waals surface area contributed by atoms with E-state index in [0.717, 1.165) is 0 Å². The van der Waals surface area contributed by atoms with E-state index in [1.165, 1.54) is 20.5 Å². The van der Waals surface area contributed by atoms with Crippen LogP contribution in [0, 0.1) is 0 Å². The van der Waals surface area contributed by atoms with Crippen molar-refractivity contribution in [2.24, 2.45) is 0 Å². The molecule has 0 spiro atoms. The summed E-state index contributed by atoms with van der Waals surface area (Å²) in [7, 11) is 1.57. The lowest BCUT2D eigenvalue weighted by molar-refractivity contribution is -0.116. The van der Waals surface area contributed by atoms with Crippen LogP contribution in [-0.4, -0.2) is 27.1 Å². The molecule has 8 nitrogen and oxygen atoms in total. The molecule has 0 unspecified atom stereocenters. The van der Waals surface area contributed by atoms with Crippen molar-refractivity contribution >= 4 is 43.4 Å². The first-order chi connectivity index (χ1) is 14.5. The third-order valence-corrected chi connectivity index (χ3v) is 5.82. The zero-order chi connectivity index (χ0) is 21.3. The minimum Gasteiger partial charge on any atom is -0.497 e. The maximum absolute atomic E-state index is 13.1. The number of thiophene rings is 1. The van der Waals surface area contributed by atoms with Crippen molar-refractivity contribution in [3.05, 3.63) is 63.4 Å². The van der Waals surface area contributed by atoms with Gasteiger partial charge in [0.15, 0.2) is 0 Å². The van der Waals surface area contributed by atoms with Crippen molar-refractivity contribution in [3.63, 3.8) is 0 Å². The van der Waals surface area contributed by atoms with E-state index in [9.17, 15) is 14.4 Å². The summed E-state index contributed by atoms with van der Waals surface area (Å²) in [6.45, 7) is 1.96. The number of carbonyl (C=O) groups is 1. The van der Waals surface area contributed by atoms with E-state index < -0.39 is 5.69 Å². The number of hydrogen-bond acceptors (Lipinski definition) is 6. The van der Waals surface area contributed by atoms with E-state index in [0.29, 0.717) is 38.3 Å². The molecule has 1 N–H and O–H groups in total. The molecule has 4 aromatic rings. The van der Waals surface area contributed by atoms with Gasteiger partial charge in [-0.2, -0.15) is 0 Å². The number of benzene rings is 1. The van der Waals surface area contributed by atoms with E-state index in [2.05, 4.69) is 10.3 Å². The fraction of sp³-hybridized carbons (Fsp3) is 0.238. The van der Waals surface area contributed by atoms with Crippen molar-refractivity contribution < 1.29 is 9.53 Å². The summed E-state index contributed by atoms with van der Waals surface area (Å²) in [5, 5.41) is 3.47. The molecule has 0 atom stereocenters. The van der Waals surface area contributed by atoms with Crippen LogP contribution in [0.4, 0.5) is 5.69 Å². The van der Waals surface area contributed by atoms with E-state index in [1.54, 1.807) is 43.6 Å². The van der Waals surface area contributed by atoms with Crippen LogP contribution < -0.4 is 21.3 Å². The summed E-state index contributed by atoms with van der Waals surface area (Å²) in [5.41, 5.74) is 0.202. The van der Waals surface area contributed by atoms with Crippen LogP contribution >= 0.6 is 11.3 Å². The number of carbonyl (C=O) groups excluding carboxylic acids is 1. The number of amides is 1. The predicted octanol–water partition coefficient (Wildman–Crippen LogP) is 2.83. The SMILES string of the molecule is CCCn1c(=O)c2sc3ncccc3c2n(CC(=O)Nc2ccc(OC)cc2)c1=O. The Hall–Kier alpha value is -3.46. The number of nitrogens with zero attached hydrogens (tertiary/aromatic N) is 3. The van der Waals surface area contributed by atoms with Gasteiger partial charge in [-0.3, -0.25) is 18.7 Å². The molecule has 1 amide bonds. The summed E-state index contributed by atoms with van der Waals surface area (Å²) >= 11 is 1.24. The van der Waals surface area contributed by atoms with Gasteiger partial charge in [-0.25, -0.2) is 9.78 Å². The lowest BCUT2D eigenvalue weighted by Crippen LogP contribution is -2.41. The first-order valence-electron chi connectivity index (χ1n) is 9.48. The second-order valence-electron chi connectivity index (χ2n) is 6.74. The maximum Gasteiger partial charge on any atom is 0.332 e. The van der Waals surface area contributed by atoms with Crippen molar-refractivity contribution in [3.8, 4) is 5.75 Å². The molecule has 0 aliphatic carbocycles. The molecule has 0 saturated carbocycles. The summed E-state index contributed by atoms with van der Waals surface area (Å²) in [4.78, 5) is 43.7. The van der Waals surface area contributed by atoms with Crippen LogP contribution in [0.2, 0.25) is 0 Å². The normalized spacial score (nSPS) is 11.1. The average Bonchev–Trinajstić information content (AvgIpc) is 3.14. The molecule has 0 bridgehead atoms. The molecule has 3 aromatic heterocycles. The molecular formula is C21H20N4O4S. The van der Waals surface area contributed by atoms with Crippen LogP contribution in [0.25, 0.3) is 20.4 Å². The molecule has 0 radical (unpaired) electrons. The van der Waals surface area contributed by atoms with Crippen LogP contribution in [-0.2, 0) is 17.9 Å². The monoisotopic (exact) mass is 424 g/mol. The van der Waals surface area contributed by atoms with Gasteiger partial charge in [0.25, 0.3) is 5.56 Å². The lowest BCUT2D eigenvalue weighted by Gasteiger charge is -2.12. The molecule has 0 aliphatic rings. The second-order valence-corrected chi connectivity index (χ2v) is 7.74. The Kier molecular flexibility index (Phi) is 5.37. The minimum absolute atomic E-state index is 0.216. The second kappa shape index (κ2) is 8.11. The van der Waals surface area contributed by atoms with Crippen LogP contribution in [0.15, 0.2) is 52.2 Å². The number of aromatic nitrogens is 3. The largest absolute Gasteiger partial charge is 0.497 e. The van der Waals surface area contributed by atoms with E-state index in [4.69, 9.17) is 4.74 Å². The van der Waals surface area contributed by atoms with Gasteiger partial charge in [0, 0.05) is 23.8 Å². The fourth-order valence-electron chi connectivity index (χ4n) is 3.37. The molecule has 154 valence electrons. The molecule has 9 heteroatoms. The number of rotatable bonds is 6. The summed E-state index contributed by atoms with van der Waals surface area (Å²) < 4.78 is 8.10. The van der Waals surface area contributed by atoms with Crippen molar-refractivity contribution in [2.45, 2.75) is 26.4 Å². The molecule has 30 heavy (non-hydrogen) atoms. The predicted molar refractivity (Wildman–Crippen MR) is 118 cm³/mol. The standard InChI is InChI=1S/C21H20N4O4S/c1-3-11-24-20(27)18-17(15-5-4-10-22-19(15)30-18)25(21(24)28)12-16(26)23-13-6-8-14(29-2)9-7-13/h4-10H,3,11-12H2,1-2H3,(H,23,26). The smallest absolute Gasteiger partial charge is 0.332 e. The van der Waals surface area contributed by atoms with Gasteiger partial charge < -0.3 is 10.1 Å². The maximum atomic E-state index is 13.1. The highest BCUT2D eigenvalue weighted by Gasteiger charge is 2.20. The van der Waals surface area contributed by atoms with Crippen molar-refractivity contribution in [2.75, 3.05) is 12.4 Å². The Labute approximate surface area is 175 Å². The molecule has 0 aliphatic heterocycles. The zero-order valence-corrected chi connectivity index (χ0v) is 17.4. The van der Waals surface area contributed by atoms with Crippen molar-refractivity contribution in [1.29, 1.82) is 0 Å². The van der Waals surface area contributed by atoms with Gasteiger partial charge in [-0.05, 0) is 42.8 Å². The summed E-state index contributed by atoms with van der Waals surface area (Å²) in [5.74, 6) is 0.309. The minimum atomic E-state index is -0.497. The molecular weight excluding hydrogens is 404 g/mol. The molecule has 0 saturated heterocycles. The number of hydrogen-bond donors (Lipinski definition) is 1. The Morgan fingerprint density at radius 2 is 1.93 bits per heavy atom. The Morgan fingerprint density at radius 3 is 2.63 bits per heavy atom. The molecule has 3 heterocycles. The Bertz CT molecular complexity index is 1350. The van der Waals surface area contributed by atoms with Gasteiger partial charge in [0.1, 0.15) is 21.8 Å². The summed E-state index contributed by atoms with van der Waals surface area (Å²) in [6, 6.07) is 10.5. The number of ether oxygens (including phenoxy) is 1. The Morgan fingerprint density at radius 1 is 1.17 bits per heavy atom. The highest BCUT2D eigenvalue weighted by molar-refractivity contribution is 7.25. The highest BCUT2D eigenvalue weighted by atomic mass is 32.1. The first-order valence-corrected chi connectivity index (χ1v) is 10.3. The van der Waals surface area contributed by atoms with Crippen LogP contribution in [0.3, 0.4) is 0 Å². The topological polar surface area (TPSA) is 95.2 Å². The van der Waals surface area contributed by atoms with E-state index in [-0.39, 0.29) is 24.6 Å². The van der Waals surface area contributed by atoms with E-state index >= 15 is 0 Å². The Balaban J connectivity index is 1.81. The number of fused-ring (bicyclic) bond motifs is 3. The molecule has 4 rings (SSSR count). The lowest BCUT2D eigenvalue weighted by atomic mass is 10.3. The average molecular weight is 424 g/mol. The zero-order valence-electron chi connectivity index (χ0n) is 16.5. The van der Waals surface area contributed by atoms with Gasteiger partial charge in [-0.15, -0.1) is 11.3 Å². The van der Waals surface area contributed by atoms with Crippen LogP contribution in [0.1, 0.15) is 13.3 Å². The number of pyridine rings is 1. The molecule has 1 aromatic carbocycles. The molecule has 0 fully saturated rings. The summed E-state index contributed by atoms with van der Waals surface area (Å²) in [6.07, 6.45) is 2.27. The van der Waals surface area contributed by atoms with Gasteiger partial charge in [0.05, 0.1) is 12.6 Å². The number of anilines is 1.